The average molecular weight is 333 g/mol. The fourth-order valence-electron chi connectivity index (χ4n) is 2.16. The van der Waals surface area contributed by atoms with Gasteiger partial charge < -0.3 is 9.47 Å². The summed E-state index contributed by atoms with van der Waals surface area (Å²) in [7, 11) is 0. The van der Waals surface area contributed by atoms with Gasteiger partial charge >= 0.3 is 11.7 Å². The van der Waals surface area contributed by atoms with E-state index in [1.54, 1.807) is 0 Å². The lowest BCUT2D eigenvalue weighted by Crippen LogP contribution is -2.13. The summed E-state index contributed by atoms with van der Waals surface area (Å²) in [5.41, 5.74) is 1.59. The number of carbonyl (C=O) groups excluding carboxylic acids is 1. The van der Waals surface area contributed by atoms with E-state index in [1.165, 1.54) is 0 Å². The molecule has 0 unspecified atom stereocenters. The van der Waals surface area contributed by atoms with Crippen molar-refractivity contribution in [1.82, 2.24) is 0 Å². The highest BCUT2D eigenvalue weighted by molar-refractivity contribution is 5.74. The molecule has 0 amide bonds. The Hall–Kier alpha value is -2.96. The van der Waals surface area contributed by atoms with Crippen LogP contribution in [0.5, 0.6) is 11.5 Å². The van der Waals surface area contributed by atoms with Gasteiger partial charge in [-0.3, -0.25) is 14.9 Å². The highest BCUT2D eigenvalue weighted by Gasteiger charge is 2.18. The number of halogens is 1. The van der Waals surface area contributed by atoms with E-state index in [2.05, 4.69) is 0 Å². The zero-order chi connectivity index (χ0) is 17.7. The monoisotopic (exact) mass is 333 g/mol. The molecule has 0 N–H and O–H groups in total. The van der Waals surface area contributed by atoms with Crippen molar-refractivity contribution in [3.63, 3.8) is 0 Å². The quantitative estimate of drug-likeness (QED) is 0.348. The fraction of sp³-hybridized carbons (Fsp3) is 0.235. The molecule has 6 nitrogen and oxygen atoms in total. The molecule has 0 heterocycles. The summed E-state index contributed by atoms with van der Waals surface area (Å²) in [6, 6.07) is 8.33. The summed E-state index contributed by atoms with van der Waals surface area (Å²) in [6.45, 7) is 3.90. The molecule has 0 saturated heterocycles. The second kappa shape index (κ2) is 7.54. The third-order valence-electron chi connectivity index (χ3n) is 3.11. The molecule has 0 aliphatic carbocycles. The minimum atomic E-state index is -0.743. The van der Waals surface area contributed by atoms with Gasteiger partial charge in [-0.05, 0) is 43.2 Å². The minimum absolute atomic E-state index is 0.0465. The Balaban J connectivity index is 1.94. The Bertz CT molecular complexity index is 755. The molecule has 0 fully saturated rings. The van der Waals surface area contributed by atoms with Crippen molar-refractivity contribution in [1.29, 1.82) is 0 Å². The Morgan fingerprint density at radius 2 is 1.83 bits per heavy atom. The number of aryl methyl sites for hydroxylation is 2. The summed E-state index contributed by atoms with van der Waals surface area (Å²) < 4.78 is 23.5. The molecule has 126 valence electrons. The first-order valence-corrected chi connectivity index (χ1v) is 7.21. The topological polar surface area (TPSA) is 78.7 Å². The number of esters is 1. The molecule has 0 spiro atoms. The lowest BCUT2D eigenvalue weighted by atomic mass is 10.1. The highest BCUT2D eigenvalue weighted by atomic mass is 19.1. The maximum absolute atomic E-state index is 13.2. The number of ether oxygens (including phenoxy) is 2. The van der Waals surface area contributed by atoms with Crippen LogP contribution in [-0.2, 0) is 4.79 Å². The molecule has 2 aromatic rings. The Kier molecular flexibility index (Phi) is 5.47. The summed E-state index contributed by atoms with van der Waals surface area (Å²) >= 11 is 0. The molecule has 0 aromatic heterocycles. The van der Waals surface area contributed by atoms with Crippen LogP contribution in [0.4, 0.5) is 10.1 Å². The number of nitro benzene ring substituents is 1. The van der Waals surface area contributed by atoms with E-state index in [0.717, 1.165) is 29.3 Å². The van der Waals surface area contributed by atoms with E-state index in [9.17, 15) is 19.3 Å². The molecule has 0 bridgehead atoms. The van der Waals surface area contributed by atoms with Gasteiger partial charge in [-0.1, -0.05) is 6.07 Å². The molecule has 0 aliphatic rings. The maximum Gasteiger partial charge on any atom is 0.314 e. The normalized spacial score (nSPS) is 10.3. The highest BCUT2D eigenvalue weighted by Crippen LogP contribution is 2.27. The van der Waals surface area contributed by atoms with Gasteiger partial charge in [0.15, 0.2) is 0 Å². The largest absolute Gasteiger partial charge is 0.493 e. The summed E-state index contributed by atoms with van der Waals surface area (Å²) in [4.78, 5) is 21.9. The van der Waals surface area contributed by atoms with Crippen molar-refractivity contribution in [2.24, 2.45) is 0 Å². The van der Waals surface area contributed by atoms with Crippen LogP contribution in [0.15, 0.2) is 36.4 Å². The second-order valence-corrected chi connectivity index (χ2v) is 5.27. The molecular formula is C17H16FNO5. The Labute approximate surface area is 138 Å². The fourth-order valence-corrected chi connectivity index (χ4v) is 2.16. The van der Waals surface area contributed by atoms with E-state index in [0.29, 0.717) is 5.75 Å². The number of benzene rings is 2. The van der Waals surface area contributed by atoms with Gasteiger partial charge in [-0.15, -0.1) is 0 Å². The number of carbonyl (C=O) groups is 1. The SMILES string of the molecule is Cc1cc(C)cc(OCCC(=O)Oc2cc(F)ccc2[N+](=O)[O-])c1. The molecule has 0 saturated carbocycles. The van der Waals surface area contributed by atoms with Crippen LogP contribution < -0.4 is 9.47 Å². The zero-order valence-corrected chi connectivity index (χ0v) is 13.2. The molecule has 0 aliphatic heterocycles. The van der Waals surface area contributed by atoms with E-state index in [1.807, 2.05) is 32.0 Å². The standard InChI is InChI=1S/C17H16FNO5/c1-11-7-12(2)9-14(8-11)23-6-5-17(20)24-16-10-13(18)3-4-15(16)19(21)22/h3-4,7-10H,5-6H2,1-2H3. The van der Waals surface area contributed by atoms with Crippen molar-refractivity contribution >= 4 is 11.7 Å². The molecular weight excluding hydrogens is 317 g/mol. The lowest BCUT2D eigenvalue weighted by Gasteiger charge is -2.08. The zero-order valence-electron chi connectivity index (χ0n) is 13.2. The van der Waals surface area contributed by atoms with Gasteiger partial charge in [0.05, 0.1) is 18.0 Å². The van der Waals surface area contributed by atoms with Gasteiger partial charge in [0, 0.05) is 12.1 Å². The lowest BCUT2D eigenvalue weighted by molar-refractivity contribution is -0.385. The summed E-state index contributed by atoms with van der Waals surface area (Å²) in [5.74, 6) is -1.27. The van der Waals surface area contributed by atoms with Crippen LogP contribution in [0.1, 0.15) is 17.5 Å². The van der Waals surface area contributed by atoms with Crippen LogP contribution in [-0.4, -0.2) is 17.5 Å². The predicted molar refractivity (Wildman–Crippen MR) is 84.7 cm³/mol. The van der Waals surface area contributed by atoms with Crippen LogP contribution in [0.2, 0.25) is 0 Å². The van der Waals surface area contributed by atoms with E-state index >= 15 is 0 Å². The molecule has 2 rings (SSSR count). The van der Waals surface area contributed by atoms with E-state index < -0.39 is 28.1 Å². The van der Waals surface area contributed by atoms with Crippen LogP contribution in [0.3, 0.4) is 0 Å². The molecule has 24 heavy (non-hydrogen) atoms. The Morgan fingerprint density at radius 3 is 2.46 bits per heavy atom. The number of nitrogens with zero attached hydrogens (tertiary/aromatic N) is 1. The van der Waals surface area contributed by atoms with Gasteiger partial charge in [0.1, 0.15) is 11.6 Å². The second-order valence-electron chi connectivity index (χ2n) is 5.27. The van der Waals surface area contributed by atoms with Gasteiger partial charge in [-0.25, -0.2) is 4.39 Å². The van der Waals surface area contributed by atoms with Crippen LogP contribution in [0, 0.1) is 29.8 Å². The van der Waals surface area contributed by atoms with Crippen molar-refractivity contribution in [2.45, 2.75) is 20.3 Å². The van der Waals surface area contributed by atoms with Gasteiger partial charge in [0.2, 0.25) is 5.75 Å². The molecule has 0 atom stereocenters. The first-order valence-electron chi connectivity index (χ1n) is 7.21. The smallest absolute Gasteiger partial charge is 0.314 e. The van der Waals surface area contributed by atoms with E-state index in [-0.39, 0.29) is 13.0 Å². The van der Waals surface area contributed by atoms with E-state index in [4.69, 9.17) is 9.47 Å². The number of rotatable bonds is 6. The third-order valence-corrected chi connectivity index (χ3v) is 3.11. The predicted octanol–water partition coefficient (Wildman–Crippen LogP) is 3.73. The van der Waals surface area contributed by atoms with Gasteiger partial charge in [0.25, 0.3) is 0 Å². The number of hydrogen-bond donors (Lipinski definition) is 0. The molecule has 0 radical (unpaired) electrons. The molecule has 2 aromatic carbocycles. The maximum atomic E-state index is 13.2. The van der Waals surface area contributed by atoms with Crippen molar-refractivity contribution in [2.75, 3.05) is 6.61 Å². The summed E-state index contributed by atoms with van der Waals surface area (Å²) in [6.07, 6.45) is -0.124. The van der Waals surface area contributed by atoms with Crippen molar-refractivity contribution in [3.8, 4) is 11.5 Å². The number of hydrogen-bond acceptors (Lipinski definition) is 5. The first-order chi connectivity index (χ1) is 11.3. The van der Waals surface area contributed by atoms with Crippen LogP contribution in [0.25, 0.3) is 0 Å². The van der Waals surface area contributed by atoms with Crippen LogP contribution >= 0.6 is 0 Å². The molecule has 7 heteroatoms. The average Bonchev–Trinajstić information content (AvgIpc) is 2.45. The van der Waals surface area contributed by atoms with Gasteiger partial charge in [-0.2, -0.15) is 0 Å². The minimum Gasteiger partial charge on any atom is -0.493 e. The summed E-state index contributed by atoms with van der Waals surface area (Å²) in [5, 5.41) is 10.8. The Morgan fingerprint density at radius 1 is 1.17 bits per heavy atom. The number of nitro groups is 1. The van der Waals surface area contributed by atoms with Crippen molar-refractivity contribution in [3.05, 3.63) is 63.5 Å². The van der Waals surface area contributed by atoms with Crippen molar-refractivity contribution < 1.29 is 23.6 Å². The first kappa shape index (κ1) is 17.4. The third kappa shape index (κ3) is 4.77.